The number of carbonyl (C=O) groups excluding carboxylic acids is 3. The van der Waals surface area contributed by atoms with Crippen LogP contribution in [0.3, 0.4) is 0 Å². The van der Waals surface area contributed by atoms with Crippen molar-refractivity contribution in [3.8, 4) is 0 Å². The van der Waals surface area contributed by atoms with E-state index >= 15 is 0 Å². The quantitative estimate of drug-likeness (QED) is 0.801. The molecule has 1 aromatic rings. The molecule has 1 aromatic carbocycles. The Morgan fingerprint density at radius 2 is 1.67 bits per heavy atom. The molecule has 2 rings (SSSR count). The molecule has 3 amide bonds. The number of piperazine rings is 1. The highest BCUT2D eigenvalue weighted by Gasteiger charge is 2.31. The van der Waals surface area contributed by atoms with E-state index in [0.717, 1.165) is 12.0 Å². The molecule has 0 spiro atoms. The smallest absolute Gasteiger partial charge is 0.312 e. The summed E-state index contributed by atoms with van der Waals surface area (Å²) in [7, 11) is 0. The number of amides is 3. The number of nitrogens with one attached hydrogen (secondary N) is 1. The van der Waals surface area contributed by atoms with Crippen LogP contribution in [-0.2, 0) is 16.1 Å². The number of benzene rings is 1. The standard InChI is InChI=1S/C18H25N3O3/c1-4-13(3)19-16(22)15-8-6-14(7-9-15)12-21-11-10-20(5-2)17(23)18(21)24/h6-9,13H,4-5,10-12H2,1-3H3,(H,19,22). The molecule has 1 fully saturated rings. The molecular weight excluding hydrogens is 306 g/mol. The number of hydrogen-bond acceptors (Lipinski definition) is 3. The van der Waals surface area contributed by atoms with Crippen LogP contribution in [0.2, 0.25) is 0 Å². The summed E-state index contributed by atoms with van der Waals surface area (Å²) in [4.78, 5) is 39.2. The zero-order valence-corrected chi connectivity index (χ0v) is 14.5. The Kier molecular flexibility index (Phi) is 5.95. The third-order valence-corrected chi connectivity index (χ3v) is 4.36. The van der Waals surface area contributed by atoms with Gasteiger partial charge < -0.3 is 15.1 Å². The normalized spacial score (nSPS) is 16.3. The summed E-state index contributed by atoms with van der Waals surface area (Å²) in [6, 6.07) is 7.30. The van der Waals surface area contributed by atoms with E-state index in [2.05, 4.69) is 5.32 Å². The van der Waals surface area contributed by atoms with Crippen LogP contribution in [0.1, 0.15) is 43.1 Å². The summed E-state index contributed by atoms with van der Waals surface area (Å²) >= 11 is 0. The first-order valence-electron chi connectivity index (χ1n) is 8.44. The fourth-order valence-electron chi connectivity index (χ4n) is 2.56. The number of likely N-dealkylation sites (N-methyl/N-ethyl adjacent to an activating group) is 1. The first-order chi connectivity index (χ1) is 11.5. The molecule has 130 valence electrons. The minimum absolute atomic E-state index is 0.0984. The van der Waals surface area contributed by atoms with Crippen LogP contribution >= 0.6 is 0 Å². The molecule has 1 aliphatic rings. The van der Waals surface area contributed by atoms with Gasteiger partial charge >= 0.3 is 11.8 Å². The second-order valence-corrected chi connectivity index (χ2v) is 6.09. The highest BCUT2D eigenvalue weighted by molar-refractivity contribution is 6.35. The van der Waals surface area contributed by atoms with Crippen LogP contribution in [0, 0.1) is 0 Å². The van der Waals surface area contributed by atoms with E-state index in [0.29, 0.717) is 31.7 Å². The maximum atomic E-state index is 12.1. The predicted molar refractivity (Wildman–Crippen MR) is 91.3 cm³/mol. The van der Waals surface area contributed by atoms with Crippen LogP contribution in [0.15, 0.2) is 24.3 Å². The molecule has 1 unspecified atom stereocenters. The number of hydrogen-bond donors (Lipinski definition) is 1. The molecule has 6 nitrogen and oxygen atoms in total. The van der Waals surface area contributed by atoms with Crippen molar-refractivity contribution >= 4 is 17.7 Å². The molecule has 24 heavy (non-hydrogen) atoms. The van der Waals surface area contributed by atoms with Gasteiger partial charge in [-0.25, -0.2) is 0 Å². The summed E-state index contributed by atoms with van der Waals surface area (Å²) in [6.45, 7) is 7.89. The lowest BCUT2D eigenvalue weighted by molar-refractivity contribution is -0.156. The lowest BCUT2D eigenvalue weighted by Gasteiger charge is -2.33. The van der Waals surface area contributed by atoms with Crippen LogP contribution in [-0.4, -0.2) is 53.2 Å². The van der Waals surface area contributed by atoms with Gasteiger partial charge in [-0.3, -0.25) is 14.4 Å². The maximum Gasteiger partial charge on any atom is 0.312 e. The molecule has 0 radical (unpaired) electrons. The minimum Gasteiger partial charge on any atom is -0.350 e. The van der Waals surface area contributed by atoms with Crippen molar-refractivity contribution in [2.75, 3.05) is 19.6 Å². The third kappa shape index (κ3) is 4.13. The Hall–Kier alpha value is -2.37. The van der Waals surface area contributed by atoms with Gasteiger partial charge in [-0.15, -0.1) is 0 Å². The maximum absolute atomic E-state index is 12.1. The van der Waals surface area contributed by atoms with Gasteiger partial charge in [0, 0.05) is 37.8 Å². The van der Waals surface area contributed by atoms with Crippen LogP contribution in [0.4, 0.5) is 0 Å². The van der Waals surface area contributed by atoms with Gasteiger partial charge in [0.25, 0.3) is 5.91 Å². The fourth-order valence-corrected chi connectivity index (χ4v) is 2.56. The van der Waals surface area contributed by atoms with Gasteiger partial charge in [-0.2, -0.15) is 0 Å². The lowest BCUT2D eigenvalue weighted by atomic mass is 10.1. The second kappa shape index (κ2) is 7.95. The average molecular weight is 331 g/mol. The summed E-state index contributed by atoms with van der Waals surface area (Å²) < 4.78 is 0. The SMILES string of the molecule is CCC(C)NC(=O)c1ccc(CN2CCN(CC)C(=O)C2=O)cc1. The molecule has 1 N–H and O–H groups in total. The Morgan fingerprint density at radius 1 is 1.08 bits per heavy atom. The van der Waals surface area contributed by atoms with E-state index in [9.17, 15) is 14.4 Å². The number of rotatable bonds is 6. The summed E-state index contributed by atoms with van der Waals surface area (Å²) in [6.07, 6.45) is 0.879. The Balaban J connectivity index is 1.98. The molecule has 1 saturated heterocycles. The fraction of sp³-hybridized carbons (Fsp3) is 0.500. The van der Waals surface area contributed by atoms with Crippen molar-refractivity contribution in [3.63, 3.8) is 0 Å². The van der Waals surface area contributed by atoms with Gasteiger partial charge in [0.2, 0.25) is 0 Å². The predicted octanol–water partition coefficient (Wildman–Crippen LogP) is 1.41. The molecule has 0 saturated carbocycles. The molecule has 1 heterocycles. The summed E-state index contributed by atoms with van der Waals surface area (Å²) in [5.74, 6) is -0.992. The van der Waals surface area contributed by atoms with Crippen molar-refractivity contribution in [3.05, 3.63) is 35.4 Å². The van der Waals surface area contributed by atoms with Gasteiger partial charge in [-0.05, 0) is 38.0 Å². The molecule has 0 bridgehead atoms. The monoisotopic (exact) mass is 331 g/mol. The topological polar surface area (TPSA) is 69.7 Å². The van der Waals surface area contributed by atoms with E-state index in [1.54, 1.807) is 21.9 Å². The van der Waals surface area contributed by atoms with Crippen molar-refractivity contribution in [1.29, 1.82) is 0 Å². The van der Waals surface area contributed by atoms with Gasteiger partial charge in [-0.1, -0.05) is 19.1 Å². The van der Waals surface area contributed by atoms with E-state index < -0.39 is 11.8 Å². The highest BCUT2D eigenvalue weighted by Crippen LogP contribution is 2.12. The van der Waals surface area contributed by atoms with Crippen molar-refractivity contribution in [2.45, 2.75) is 39.8 Å². The van der Waals surface area contributed by atoms with E-state index in [4.69, 9.17) is 0 Å². The van der Waals surface area contributed by atoms with Gasteiger partial charge in [0.15, 0.2) is 0 Å². The summed E-state index contributed by atoms with van der Waals surface area (Å²) in [5.41, 5.74) is 1.50. The molecule has 0 aromatic heterocycles. The highest BCUT2D eigenvalue weighted by atomic mass is 16.2. The zero-order valence-electron chi connectivity index (χ0n) is 14.5. The van der Waals surface area contributed by atoms with Crippen LogP contribution in [0.25, 0.3) is 0 Å². The molecule has 6 heteroatoms. The number of nitrogens with zero attached hydrogens (tertiary/aromatic N) is 2. The molecule has 1 aliphatic heterocycles. The van der Waals surface area contributed by atoms with Gasteiger partial charge in [0.1, 0.15) is 0 Å². The summed E-state index contributed by atoms with van der Waals surface area (Å²) in [5, 5.41) is 2.92. The molecule has 0 aliphatic carbocycles. The van der Waals surface area contributed by atoms with E-state index in [1.165, 1.54) is 0 Å². The zero-order chi connectivity index (χ0) is 17.7. The van der Waals surface area contributed by atoms with Crippen molar-refractivity contribution in [1.82, 2.24) is 15.1 Å². The third-order valence-electron chi connectivity index (χ3n) is 4.36. The van der Waals surface area contributed by atoms with Crippen LogP contribution < -0.4 is 5.32 Å². The first-order valence-corrected chi connectivity index (χ1v) is 8.44. The number of carbonyl (C=O) groups is 3. The largest absolute Gasteiger partial charge is 0.350 e. The molecular formula is C18H25N3O3. The second-order valence-electron chi connectivity index (χ2n) is 6.09. The lowest BCUT2D eigenvalue weighted by Crippen LogP contribution is -2.53. The Morgan fingerprint density at radius 3 is 2.25 bits per heavy atom. The van der Waals surface area contributed by atoms with Gasteiger partial charge in [0.05, 0.1) is 0 Å². The Bertz CT molecular complexity index is 612. The Labute approximate surface area is 142 Å². The van der Waals surface area contributed by atoms with Crippen molar-refractivity contribution in [2.24, 2.45) is 0 Å². The minimum atomic E-state index is -0.457. The van der Waals surface area contributed by atoms with Crippen LogP contribution in [0.5, 0.6) is 0 Å². The molecule has 1 atom stereocenters. The van der Waals surface area contributed by atoms with E-state index in [1.807, 2.05) is 32.9 Å². The van der Waals surface area contributed by atoms with E-state index in [-0.39, 0.29) is 11.9 Å². The first kappa shape index (κ1) is 18.0. The average Bonchev–Trinajstić information content (AvgIpc) is 2.59. The van der Waals surface area contributed by atoms with Crippen molar-refractivity contribution < 1.29 is 14.4 Å².